The molecule has 0 atom stereocenters. The van der Waals surface area contributed by atoms with Crippen LogP contribution in [0.4, 0.5) is 19.3 Å². The molecule has 1 aromatic heterocycles. The first-order chi connectivity index (χ1) is 11.5. The fraction of sp³-hybridized carbons (Fsp3) is 0.250. The molecule has 8 heteroatoms. The lowest BCUT2D eigenvalue weighted by atomic mass is 10.2. The van der Waals surface area contributed by atoms with Gasteiger partial charge in [0, 0.05) is 17.4 Å². The largest absolute Gasteiger partial charge is 0.493 e. The van der Waals surface area contributed by atoms with Crippen molar-refractivity contribution in [2.75, 3.05) is 12.4 Å². The van der Waals surface area contributed by atoms with Crippen LogP contribution in [0.1, 0.15) is 11.4 Å². The highest BCUT2D eigenvalue weighted by molar-refractivity contribution is 5.89. The number of alkyl halides is 2. The Morgan fingerprint density at radius 3 is 2.71 bits per heavy atom. The highest BCUT2D eigenvalue weighted by Gasteiger charge is 2.12. The zero-order valence-corrected chi connectivity index (χ0v) is 13.2. The molecule has 0 spiro atoms. The van der Waals surface area contributed by atoms with Gasteiger partial charge >= 0.3 is 12.6 Å². The molecule has 128 valence electrons. The number of benzene rings is 1. The third-order valence-corrected chi connectivity index (χ3v) is 3.01. The molecule has 0 bridgehead atoms. The van der Waals surface area contributed by atoms with Crippen molar-refractivity contribution in [3.63, 3.8) is 0 Å². The summed E-state index contributed by atoms with van der Waals surface area (Å²) in [5.41, 5.74) is 1.85. The third kappa shape index (κ3) is 5.08. The average molecular weight is 337 g/mol. The van der Waals surface area contributed by atoms with Gasteiger partial charge in [0.25, 0.3) is 0 Å². The quantitative estimate of drug-likeness (QED) is 0.848. The molecule has 24 heavy (non-hydrogen) atoms. The molecule has 2 aromatic rings. The molecule has 2 rings (SSSR count). The van der Waals surface area contributed by atoms with Crippen molar-refractivity contribution in [3.05, 3.63) is 47.8 Å². The number of methoxy groups -OCH3 is 1. The first kappa shape index (κ1) is 17.5. The number of aryl methyl sites for hydroxylation is 1. The van der Waals surface area contributed by atoms with Gasteiger partial charge in [-0.05, 0) is 31.2 Å². The minimum absolute atomic E-state index is 0.144. The zero-order chi connectivity index (χ0) is 17.5. The number of halogens is 2. The predicted octanol–water partition coefficient (Wildman–Crippen LogP) is 3.32. The maximum Gasteiger partial charge on any atom is 0.387 e. The van der Waals surface area contributed by atoms with Crippen molar-refractivity contribution in [1.82, 2.24) is 10.3 Å². The van der Waals surface area contributed by atoms with E-state index in [1.165, 1.54) is 25.3 Å². The van der Waals surface area contributed by atoms with Crippen LogP contribution in [-0.4, -0.2) is 24.7 Å². The Labute approximate surface area is 137 Å². The van der Waals surface area contributed by atoms with Crippen molar-refractivity contribution >= 4 is 11.7 Å². The molecule has 6 nitrogen and oxygen atoms in total. The van der Waals surface area contributed by atoms with E-state index < -0.39 is 12.6 Å². The van der Waals surface area contributed by atoms with E-state index in [4.69, 9.17) is 4.74 Å². The van der Waals surface area contributed by atoms with Gasteiger partial charge in [0.05, 0.1) is 19.3 Å². The number of aromatic nitrogens is 1. The number of hydrogen-bond acceptors (Lipinski definition) is 4. The molecule has 0 fully saturated rings. The fourth-order valence-corrected chi connectivity index (χ4v) is 1.99. The van der Waals surface area contributed by atoms with E-state index in [9.17, 15) is 13.6 Å². The maximum atomic E-state index is 12.4. The first-order valence-corrected chi connectivity index (χ1v) is 7.08. The topological polar surface area (TPSA) is 72.5 Å². The van der Waals surface area contributed by atoms with Gasteiger partial charge in [0.2, 0.25) is 0 Å². The number of carbonyl (C=O) groups excluding carboxylic acids is 1. The normalized spacial score (nSPS) is 10.4. The van der Waals surface area contributed by atoms with Crippen molar-refractivity contribution in [2.24, 2.45) is 0 Å². The van der Waals surface area contributed by atoms with Gasteiger partial charge < -0.3 is 20.1 Å². The molecule has 1 aromatic carbocycles. The van der Waals surface area contributed by atoms with Crippen LogP contribution in [0.3, 0.4) is 0 Å². The highest BCUT2D eigenvalue weighted by Crippen LogP contribution is 2.31. The summed E-state index contributed by atoms with van der Waals surface area (Å²) in [6, 6.07) is 9.19. The van der Waals surface area contributed by atoms with Crippen LogP contribution in [-0.2, 0) is 6.54 Å². The van der Waals surface area contributed by atoms with E-state index in [0.29, 0.717) is 11.4 Å². The molecular formula is C16H17F2N3O3. The third-order valence-electron chi connectivity index (χ3n) is 3.01. The smallest absolute Gasteiger partial charge is 0.387 e. The molecule has 0 unspecified atom stereocenters. The standard InChI is InChI=1S/C16H17F2N3O3/c1-10-4-3-5-12(20-10)9-19-16(22)21-11-6-7-13(23-2)14(8-11)24-15(17)18/h3-8,15H,9H2,1-2H3,(H2,19,21,22). The number of carbonyl (C=O) groups is 1. The van der Waals surface area contributed by atoms with Crippen molar-refractivity contribution in [1.29, 1.82) is 0 Å². The Hall–Kier alpha value is -2.90. The first-order valence-electron chi connectivity index (χ1n) is 7.08. The number of ether oxygens (including phenoxy) is 2. The summed E-state index contributed by atoms with van der Waals surface area (Å²) in [5.74, 6) is -0.0177. The van der Waals surface area contributed by atoms with Crippen LogP contribution in [0.5, 0.6) is 11.5 Å². The number of anilines is 1. The number of hydrogen-bond donors (Lipinski definition) is 2. The van der Waals surface area contributed by atoms with E-state index in [1.54, 1.807) is 6.07 Å². The monoisotopic (exact) mass is 337 g/mol. The summed E-state index contributed by atoms with van der Waals surface area (Å²) < 4.78 is 34.1. The minimum Gasteiger partial charge on any atom is -0.493 e. The molecular weight excluding hydrogens is 320 g/mol. The van der Waals surface area contributed by atoms with E-state index in [1.807, 2.05) is 19.1 Å². The molecule has 0 saturated carbocycles. The van der Waals surface area contributed by atoms with Gasteiger partial charge in [0.15, 0.2) is 11.5 Å². The highest BCUT2D eigenvalue weighted by atomic mass is 19.3. The molecule has 2 amide bonds. The van der Waals surface area contributed by atoms with Crippen LogP contribution in [0.2, 0.25) is 0 Å². The molecule has 0 aliphatic rings. The Morgan fingerprint density at radius 2 is 2.04 bits per heavy atom. The van der Waals surface area contributed by atoms with E-state index >= 15 is 0 Å². The molecule has 1 heterocycles. The van der Waals surface area contributed by atoms with Crippen molar-refractivity contribution in [3.8, 4) is 11.5 Å². The van der Waals surface area contributed by atoms with Crippen LogP contribution in [0.25, 0.3) is 0 Å². The number of nitrogens with zero attached hydrogens (tertiary/aromatic N) is 1. The second-order valence-corrected chi connectivity index (χ2v) is 4.82. The summed E-state index contributed by atoms with van der Waals surface area (Å²) in [6.07, 6.45) is 0. The van der Waals surface area contributed by atoms with Gasteiger partial charge in [-0.2, -0.15) is 8.78 Å². The average Bonchev–Trinajstić information content (AvgIpc) is 2.53. The lowest BCUT2D eigenvalue weighted by Gasteiger charge is -2.12. The Balaban J connectivity index is 1.98. The van der Waals surface area contributed by atoms with Gasteiger partial charge in [-0.25, -0.2) is 4.79 Å². The van der Waals surface area contributed by atoms with Crippen LogP contribution in [0, 0.1) is 6.92 Å². The lowest BCUT2D eigenvalue weighted by molar-refractivity contribution is -0.0511. The van der Waals surface area contributed by atoms with E-state index in [-0.39, 0.29) is 18.0 Å². The summed E-state index contributed by atoms with van der Waals surface area (Å²) in [4.78, 5) is 16.1. The summed E-state index contributed by atoms with van der Waals surface area (Å²) in [7, 11) is 1.34. The van der Waals surface area contributed by atoms with E-state index in [2.05, 4.69) is 20.4 Å². The molecule has 0 saturated heterocycles. The molecule has 0 aliphatic heterocycles. The van der Waals surface area contributed by atoms with Crippen LogP contribution in [0.15, 0.2) is 36.4 Å². The fourth-order valence-electron chi connectivity index (χ4n) is 1.99. The number of urea groups is 1. The summed E-state index contributed by atoms with van der Waals surface area (Å²) in [5, 5.41) is 5.16. The molecule has 2 N–H and O–H groups in total. The van der Waals surface area contributed by atoms with Crippen molar-refractivity contribution < 1.29 is 23.0 Å². The molecule has 0 aliphatic carbocycles. The second-order valence-electron chi connectivity index (χ2n) is 4.82. The maximum absolute atomic E-state index is 12.4. The van der Waals surface area contributed by atoms with Crippen LogP contribution < -0.4 is 20.1 Å². The zero-order valence-electron chi connectivity index (χ0n) is 13.2. The molecule has 0 radical (unpaired) electrons. The Kier molecular flexibility index (Phi) is 5.89. The van der Waals surface area contributed by atoms with E-state index in [0.717, 1.165) is 5.69 Å². The number of amides is 2. The Bertz CT molecular complexity index is 711. The van der Waals surface area contributed by atoms with Gasteiger partial charge in [-0.1, -0.05) is 6.07 Å². The minimum atomic E-state index is -2.99. The summed E-state index contributed by atoms with van der Waals surface area (Å²) >= 11 is 0. The Morgan fingerprint density at radius 1 is 1.25 bits per heavy atom. The predicted molar refractivity (Wildman–Crippen MR) is 84.5 cm³/mol. The number of nitrogens with one attached hydrogen (secondary N) is 2. The lowest BCUT2D eigenvalue weighted by Crippen LogP contribution is -2.28. The second kappa shape index (κ2) is 8.09. The van der Waals surface area contributed by atoms with Crippen LogP contribution >= 0.6 is 0 Å². The van der Waals surface area contributed by atoms with Crippen molar-refractivity contribution in [2.45, 2.75) is 20.1 Å². The SMILES string of the molecule is COc1ccc(NC(=O)NCc2cccc(C)n2)cc1OC(F)F. The number of rotatable bonds is 6. The number of pyridine rings is 1. The van der Waals surface area contributed by atoms with Gasteiger partial charge in [-0.3, -0.25) is 4.98 Å². The summed E-state index contributed by atoms with van der Waals surface area (Å²) in [6.45, 7) is -0.898. The van der Waals surface area contributed by atoms with Gasteiger partial charge in [0.1, 0.15) is 0 Å². The van der Waals surface area contributed by atoms with Gasteiger partial charge in [-0.15, -0.1) is 0 Å².